The Kier molecular flexibility index (Phi) is 4.54. The van der Waals surface area contributed by atoms with E-state index in [1.165, 1.54) is 4.88 Å². The molecule has 2 rings (SSSR count). The van der Waals surface area contributed by atoms with Crippen molar-refractivity contribution < 1.29 is 4.79 Å². The number of carbonyl (C=O) groups excluding carboxylic acids is 1. The van der Waals surface area contributed by atoms with Gasteiger partial charge in [0.05, 0.1) is 6.54 Å². The number of ketones is 1. The first-order valence-corrected chi connectivity index (χ1v) is 7.46. The first-order valence-electron chi connectivity index (χ1n) is 6.65. The highest BCUT2D eigenvalue weighted by Gasteiger charge is 2.20. The number of hydrogen-bond donors (Lipinski definition) is 0. The lowest BCUT2D eigenvalue weighted by molar-refractivity contribution is 0.0859. The molecule has 1 aliphatic heterocycles. The summed E-state index contributed by atoms with van der Waals surface area (Å²) in [6.45, 7) is 12.2. The van der Waals surface area contributed by atoms with Crippen LogP contribution in [0.15, 0.2) is 6.07 Å². The van der Waals surface area contributed by atoms with Crippen LogP contribution in [0.4, 0.5) is 0 Å². The lowest BCUT2D eigenvalue weighted by Crippen LogP contribution is -2.47. The van der Waals surface area contributed by atoms with Crippen molar-refractivity contribution in [3.05, 3.63) is 21.4 Å². The number of likely N-dealkylation sites (N-methyl/N-ethyl adjacent to an activating group) is 1. The Labute approximate surface area is 113 Å². The summed E-state index contributed by atoms with van der Waals surface area (Å²) < 4.78 is 0. The summed E-state index contributed by atoms with van der Waals surface area (Å²) in [7, 11) is 0. The van der Waals surface area contributed by atoms with E-state index in [0.29, 0.717) is 6.54 Å². The van der Waals surface area contributed by atoms with Gasteiger partial charge in [-0.2, -0.15) is 0 Å². The molecule has 1 aromatic rings. The van der Waals surface area contributed by atoms with Crippen LogP contribution in [0.5, 0.6) is 0 Å². The molecule has 0 radical (unpaired) electrons. The van der Waals surface area contributed by atoms with Crippen LogP contribution in [0.1, 0.15) is 27.0 Å². The first-order chi connectivity index (χ1) is 8.60. The van der Waals surface area contributed by atoms with Crippen LogP contribution in [0, 0.1) is 13.8 Å². The normalized spacial score (nSPS) is 18.2. The number of carbonyl (C=O) groups is 1. The maximum Gasteiger partial charge on any atom is 0.177 e. The standard InChI is InChI=1S/C14H22N2OS/c1-4-15-5-7-16(8-6-15)10-14(17)13-9-11(2)18-12(13)3/h9H,4-8,10H2,1-3H3. The van der Waals surface area contributed by atoms with Gasteiger partial charge in [0.25, 0.3) is 0 Å². The van der Waals surface area contributed by atoms with Crippen molar-refractivity contribution in [2.24, 2.45) is 0 Å². The third-order valence-electron chi connectivity index (χ3n) is 3.62. The Balaban J connectivity index is 1.90. The van der Waals surface area contributed by atoms with E-state index in [2.05, 4.69) is 23.6 Å². The Morgan fingerprint density at radius 1 is 1.22 bits per heavy atom. The van der Waals surface area contributed by atoms with Crippen molar-refractivity contribution in [2.75, 3.05) is 39.3 Å². The number of Topliss-reactive ketones (excluding diaryl/α,β-unsaturated/α-hetero) is 1. The summed E-state index contributed by atoms with van der Waals surface area (Å²) in [5.74, 6) is 0.279. The van der Waals surface area contributed by atoms with Crippen molar-refractivity contribution >= 4 is 17.1 Å². The smallest absolute Gasteiger partial charge is 0.177 e. The highest BCUT2D eigenvalue weighted by molar-refractivity contribution is 7.12. The predicted octanol–water partition coefficient (Wildman–Crippen LogP) is 2.19. The fraction of sp³-hybridized carbons (Fsp3) is 0.643. The third-order valence-corrected chi connectivity index (χ3v) is 4.59. The van der Waals surface area contributed by atoms with Crippen LogP contribution < -0.4 is 0 Å². The van der Waals surface area contributed by atoms with Gasteiger partial charge >= 0.3 is 0 Å². The zero-order valence-electron chi connectivity index (χ0n) is 11.5. The molecule has 0 amide bonds. The quantitative estimate of drug-likeness (QED) is 0.781. The molecule has 2 heterocycles. The number of piperazine rings is 1. The van der Waals surface area contributed by atoms with Crippen molar-refractivity contribution in [3.8, 4) is 0 Å². The molecule has 1 aliphatic rings. The molecule has 1 fully saturated rings. The van der Waals surface area contributed by atoms with Gasteiger partial charge < -0.3 is 4.90 Å². The van der Waals surface area contributed by atoms with Gasteiger partial charge in [0.1, 0.15) is 0 Å². The lowest BCUT2D eigenvalue weighted by atomic mass is 10.1. The van der Waals surface area contributed by atoms with E-state index >= 15 is 0 Å². The molecule has 1 aromatic heterocycles. The third kappa shape index (κ3) is 3.19. The molecular weight excluding hydrogens is 244 g/mol. The Morgan fingerprint density at radius 3 is 2.33 bits per heavy atom. The fourth-order valence-corrected chi connectivity index (χ4v) is 3.40. The van der Waals surface area contributed by atoms with Gasteiger partial charge in [-0.15, -0.1) is 11.3 Å². The van der Waals surface area contributed by atoms with E-state index in [0.717, 1.165) is 43.2 Å². The van der Waals surface area contributed by atoms with Crippen LogP contribution in [0.3, 0.4) is 0 Å². The van der Waals surface area contributed by atoms with E-state index < -0.39 is 0 Å². The monoisotopic (exact) mass is 266 g/mol. The second-order valence-electron chi connectivity index (χ2n) is 4.96. The van der Waals surface area contributed by atoms with Crippen molar-refractivity contribution in [1.29, 1.82) is 0 Å². The van der Waals surface area contributed by atoms with Crippen LogP contribution in [0.25, 0.3) is 0 Å². The van der Waals surface area contributed by atoms with Gasteiger partial charge in [-0.05, 0) is 26.5 Å². The van der Waals surface area contributed by atoms with Crippen molar-refractivity contribution in [1.82, 2.24) is 9.80 Å². The molecule has 100 valence electrons. The average Bonchev–Trinajstić information content (AvgIpc) is 2.69. The van der Waals surface area contributed by atoms with Gasteiger partial charge in [0.15, 0.2) is 5.78 Å². The second-order valence-corrected chi connectivity index (χ2v) is 6.42. The minimum atomic E-state index is 0.279. The second kappa shape index (κ2) is 5.95. The minimum absolute atomic E-state index is 0.279. The van der Waals surface area contributed by atoms with Crippen molar-refractivity contribution in [3.63, 3.8) is 0 Å². The van der Waals surface area contributed by atoms with E-state index in [1.54, 1.807) is 11.3 Å². The maximum absolute atomic E-state index is 12.2. The highest BCUT2D eigenvalue weighted by Crippen LogP contribution is 2.21. The summed E-state index contributed by atoms with van der Waals surface area (Å²) in [6.07, 6.45) is 0. The molecule has 18 heavy (non-hydrogen) atoms. The topological polar surface area (TPSA) is 23.6 Å². The zero-order valence-corrected chi connectivity index (χ0v) is 12.3. The molecule has 4 heteroatoms. The summed E-state index contributed by atoms with van der Waals surface area (Å²) in [5, 5.41) is 0. The summed E-state index contributed by atoms with van der Waals surface area (Å²) in [4.78, 5) is 19.3. The van der Waals surface area contributed by atoms with Crippen molar-refractivity contribution in [2.45, 2.75) is 20.8 Å². The number of aryl methyl sites for hydroxylation is 2. The average molecular weight is 266 g/mol. The van der Waals surface area contributed by atoms with Gasteiger partial charge in [-0.1, -0.05) is 6.92 Å². The molecule has 0 unspecified atom stereocenters. The Morgan fingerprint density at radius 2 is 1.83 bits per heavy atom. The molecular formula is C14H22N2OS. The van der Waals surface area contributed by atoms with Crippen LogP contribution >= 0.6 is 11.3 Å². The van der Waals surface area contributed by atoms with E-state index in [9.17, 15) is 4.79 Å². The molecule has 0 bridgehead atoms. The minimum Gasteiger partial charge on any atom is -0.301 e. The Hall–Kier alpha value is -0.710. The number of rotatable bonds is 4. The van der Waals surface area contributed by atoms with Gasteiger partial charge in [-0.25, -0.2) is 0 Å². The molecule has 0 aromatic carbocycles. The zero-order chi connectivity index (χ0) is 13.1. The molecule has 0 aliphatic carbocycles. The van der Waals surface area contributed by atoms with E-state index in [4.69, 9.17) is 0 Å². The SMILES string of the molecule is CCN1CCN(CC(=O)c2cc(C)sc2C)CC1. The van der Waals surface area contributed by atoms with Gasteiger partial charge in [0.2, 0.25) is 0 Å². The molecule has 0 saturated carbocycles. The largest absolute Gasteiger partial charge is 0.301 e. The Bertz CT molecular complexity index is 419. The summed E-state index contributed by atoms with van der Waals surface area (Å²) in [5.41, 5.74) is 0.926. The van der Waals surface area contributed by atoms with Gasteiger partial charge in [-0.3, -0.25) is 9.69 Å². The number of nitrogens with zero attached hydrogens (tertiary/aromatic N) is 2. The first kappa shape index (κ1) is 13.7. The highest BCUT2D eigenvalue weighted by atomic mass is 32.1. The van der Waals surface area contributed by atoms with Gasteiger partial charge in [0, 0.05) is 41.5 Å². The van der Waals surface area contributed by atoms with E-state index in [-0.39, 0.29) is 5.78 Å². The molecule has 3 nitrogen and oxygen atoms in total. The van der Waals surface area contributed by atoms with Crippen LogP contribution in [-0.4, -0.2) is 54.9 Å². The fourth-order valence-electron chi connectivity index (χ4n) is 2.46. The van der Waals surface area contributed by atoms with Crippen LogP contribution in [-0.2, 0) is 0 Å². The molecule has 1 saturated heterocycles. The maximum atomic E-state index is 12.2. The molecule has 0 spiro atoms. The lowest BCUT2D eigenvalue weighted by Gasteiger charge is -2.33. The molecule has 0 N–H and O–H groups in total. The molecule has 0 atom stereocenters. The number of hydrogen-bond acceptors (Lipinski definition) is 4. The summed E-state index contributed by atoms with van der Waals surface area (Å²) >= 11 is 1.72. The predicted molar refractivity (Wildman–Crippen MR) is 76.7 cm³/mol. The van der Waals surface area contributed by atoms with E-state index in [1.807, 2.05) is 13.0 Å². The number of thiophene rings is 1. The van der Waals surface area contributed by atoms with Crippen LogP contribution in [0.2, 0.25) is 0 Å². The summed E-state index contributed by atoms with van der Waals surface area (Å²) in [6, 6.07) is 2.03.